The number of nitrogens with zero attached hydrogens (tertiary/aromatic N) is 2. The summed E-state index contributed by atoms with van der Waals surface area (Å²) >= 11 is 0. The van der Waals surface area contributed by atoms with Crippen LogP contribution in [0, 0.1) is 13.8 Å². The number of amides is 1. The maximum atomic E-state index is 13.5. The van der Waals surface area contributed by atoms with Crippen LogP contribution in [0.15, 0.2) is 47.0 Å². The zero-order chi connectivity index (χ0) is 22.0. The summed E-state index contributed by atoms with van der Waals surface area (Å²) in [5.74, 6) is 1.57. The van der Waals surface area contributed by atoms with E-state index in [1.807, 2.05) is 55.1 Å². The highest BCUT2D eigenvalue weighted by atomic mass is 16.5. The van der Waals surface area contributed by atoms with Crippen molar-refractivity contribution in [1.82, 2.24) is 10.1 Å². The van der Waals surface area contributed by atoms with Crippen molar-refractivity contribution in [3.8, 4) is 16.9 Å². The summed E-state index contributed by atoms with van der Waals surface area (Å²) in [6.07, 6.45) is 1.98. The van der Waals surface area contributed by atoms with Gasteiger partial charge in [0, 0.05) is 24.3 Å². The smallest absolute Gasteiger partial charge is 0.256 e. The van der Waals surface area contributed by atoms with Gasteiger partial charge in [0.15, 0.2) is 0 Å². The average Bonchev–Trinajstić information content (AvgIpc) is 3.05. The number of hydrogen-bond donors (Lipinski definition) is 1. The number of carbonyl (C=O) groups is 1. The number of hydrogen-bond acceptors (Lipinski definition) is 5. The number of aromatic nitrogens is 1. The van der Waals surface area contributed by atoms with E-state index in [1.165, 1.54) is 0 Å². The minimum atomic E-state index is -0.0981. The Balaban J connectivity index is 1.75. The third kappa shape index (κ3) is 3.90. The number of rotatable bonds is 6. The third-order valence-electron chi connectivity index (χ3n) is 5.95. The van der Waals surface area contributed by atoms with Crippen LogP contribution in [0.5, 0.6) is 5.75 Å². The lowest BCUT2D eigenvalue weighted by Crippen LogP contribution is -2.36. The van der Waals surface area contributed by atoms with Crippen LogP contribution in [-0.2, 0) is 0 Å². The number of fused-ring (bicyclic) bond motifs is 1. The molecule has 0 aliphatic carbocycles. The number of aryl methyl sites for hydroxylation is 2. The van der Waals surface area contributed by atoms with Crippen molar-refractivity contribution in [2.24, 2.45) is 0 Å². The molecule has 2 aromatic carbocycles. The minimum Gasteiger partial charge on any atom is -0.496 e. The van der Waals surface area contributed by atoms with E-state index < -0.39 is 0 Å². The zero-order valence-electron chi connectivity index (χ0n) is 18.6. The second kappa shape index (κ2) is 8.84. The van der Waals surface area contributed by atoms with Crippen LogP contribution in [0.1, 0.15) is 53.2 Å². The number of anilines is 1. The first-order valence-corrected chi connectivity index (χ1v) is 10.8. The summed E-state index contributed by atoms with van der Waals surface area (Å²) < 4.78 is 11.1. The first-order chi connectivity index (χ1) is 15.0. The minimum absolute atomic E-state index is 0.0628. The summed E-state index contributed by atoms with van der Waals surface area (Å²) in [6, 6.07) is 13.8. The van der Waals surface area contributed by atoms with Crippen molar-refractivity contribution >= 4 is 11.6 Å². The highest BCUT2D eigenvalue weighted by molar-refractivity contribution is 6.00. The van der Waals surface area contributed by atoms with Gasteiger partial charge >= 0.3 is 0 Å². The average molecular weight is 420 g/mol. The van der Waals surface area contributed by atoms with Crippen molar-refractivity contribution in [3.05, 3.63) is 65.0 Å². The molecule has 1 aliphatic rings. The van der Waals surface area contributed by atoms with Gasteiger partial charge in [-0.2, -0.15) is 0 Å². The van der Waals surface area contributed by atoms with Crippen LogP contribution in [0.4, 0.5) is 5.69 Å². The van der Waals surface area contributed by atoms with Crippen LogP contribution in [0.2, 0.25) is 0 Å². The summed E-state index contributed by atoms with van der Waals surface area (Å²) in [5, 5.41) is 7.56. The molecule has 0 bridgehead atoms. The Morgan fingerprint density at radius 2 is 2.00 bits per heavy atom. The van der Waals surface area contributed by atoms with Gasteiger partial charge in [-0.1, -0.05) is 42.8 Å². The fourth-order valence-electron chi connectivity index (χ4n) is 4.31. The van der Waals surface area contributed by atoms with Gasteiger partial charge in [-0.25, -0.2) is 0 Å². The molecule has 1 atom stereocenters. The summed E-state index contributed by atoms with van der Waals surface area (Å²) in [4.78, 5) is 15.5. The highest BCUT2D eigenvalue weighted by Gasteiger charge is 2.31. The van der Waals surface area contributed by atoms with E-state index in [9.17, 15) is 4.79 Å². The fourth-order valence-corrected chi connectivity index (χ4v) is 4.31. The maximum Gasteiger partial charge on any atom is 0.256 e. The third-order valence-corrected chi connectivity index (χ3v) is 5.95. The number of ether oxygens (including phenoxy) is 1. The largest absolute Gasteiger partial charge is 0.496 e. The quantitative estimate of drug-likeness (QED) is 0.581. The molecule has 1 aromatic heterocycles. The Hall–Kier alpha value is -3.28. The molecule has 0 saturated heterocycles. The van der Waals surface area contributed by atoms with Crippen LogP contribution < -0.4 is 10.1 Å². The van der Waals surface area contributed by atoms with Crippen molar-refractivity contribution in [3.63, 3.8) is 0 Å². The molecular weight excluding hydrogens is 390 g/mol. The Kier molecular flexibility index (Phi) is 5.98. The van der Waals surface area contributed by atoms with Crippen molar-refractivity contribution in [2.45, 2.75) is 39.7 Å². The second-order valence-corrected chi connectivity index (χ2v) is 7.95. The topological polar surface area (TPSA) is 67.6 Å². The Bertz CT molecular complexity index is 1070. The van der Waals surface area contributed by atoms with E-state index in [1.54, 1.807) is 7.11 Å². The first-order valence-electron chi connectivity index (χ1n) is 10.8. The van der Waals surface area contributed by atoms with Crippen LogP contribution >= 0.6 is 0 Å². The van der Waals surface area contributed by atoms with Crippen molar-refractivity contribution in [2.75, 3.05) is 25.5 Å². The predicted octanol–water partition coefficient (Wildman–Crippen LogP) is 5.38. The number of para-hydroxylation sites is 1. The monoisotopic (exact) mass is 419 g/mol. The Morgan fingerprint density at radius 3 is 2.71 bits per heavy atom. The lowest BCUT2D eigenvalue weighted by Gasteiger charge is -2.31. The number of methoxy groups -OCH3 is 1. The van der Waals surface area contributed by atoms with Crippen molar-refractivity contribution in [1.29, 1.82) is 0 Å². The molecule has 0 saturated carbocycles. The number of nitrogens with one attached hydrogen (secondary N) is 1. The van der Waals surface area contributed by atoms with Gasteiger partial charge in [0.2, 0.25) is 0 Å². The molecule has 1 amide bonds. The van der Waals surface area contributed by atoms with Crippen molar-refractivity contribution < 1.29 is 14.1 Å². The molecule has 0 spiro atoms. The van der Waals surface area contributed by atoms with E-state index >= 15 is 0 Å². The van der Waals surface area contributed by atoms with E-state index in [2.05, 4.69) is 23.5 Å². The van der Waals surface area contributed by atoms with Gasteiger partial charge in [0.25, 0.3) is 5.91 Å². The molecule has 1 aliphatic heterocycles. The molecule has 4 rings (SSSR count). The lowest BCUT2D eigenvalue weighted by atomic mass is 9.97. The van der Waals surface area contributed by atoms with E-state index in [-0.39, 0.29) is 11.9 Å². The molecule has 6 nitrogen and oxygen atoms in total. The molecule has 31 heavy (non-hydrogen) atoms. The Morgan fingerprint density at radius 1 is 1.19 bits per heavy atom. The molecule has 1 N–H and O–H groups in total. The standard InChI is InChI=1S/C25H29N3O3/c1-5-6-13-28-22(15-26-21-10-8-7-9-19(21)25(28)29)18-11-12-20(23(14-18)30-4)24-16(2)27-31-17(24)3/h7-12,14,22,26H,5-6,13,15H2,1-4H3. The normalized spacial score (nSPS) is 15.9. The van der Waals surface area contributed by atoms with Gasteiger partial charge in [0.05, 0.1) is 30.0 Å². The predicted molar refractivity (Wildman–Crippen MR) is 122 cm³/mol. The summed E-state index contributed by atoms with van der Waals surface area (Å²) in [7, 11) is 1.67. The van der Waals surface area contributed by atoms with Crippen LogP contribution in [0.3, 0.4) is 0 Å². The highest BCUT2D eigenvalue weighted by Crippen LogP contribution is 2.38. The van der Waals surface area contributed by atoms with Gasteiger partial charge < -0.3 is 19.5 Å². The number of carbonyl (C=O) groups excluding carboxylic acids is 1. The van der Waals surface area contributed by atoms with E-state index in [0.717, 1.165) is 58.0 Å². The maximum absolute atomic E-state index is 13.5. The SMILES string of the molecule is CCCCN1C(=O)c2ccccc2NCC1c1ccc(-c2c(C)noc2C)c(OC)c1. The zero-order valence-corrected chi connectivity index (χ0v) is 18.6. The van der Waals surface area contributed by atoms with Gasteiger partial charge in [-0.3, -0.25) is 4.79 Å². The van der Waals surface area contributed by atoms with E-state index in [0.29, 0.717) is 13.1 Å². The first kappa shape index (κ1) is 21.0. The number of benzene rings is 2. The molecule has 3 aromatic rings. The molecule has 162 valence electrons. The molecule has 6 heteroatoms. The molecule has 2 heterocycles. The molecule has 1 unspecified atom stereocenters. The van der Waals surface area contributed by atoms with E-state index in [4.69, 9.17) is 9.26 Å². The van der Waals surface area contributed by atoms with Gasteiger partial charge in [0.1, 0.15) is 11.5 Å². The summed E-state index contributed by atoms with van der Waals surface area (Å²) in [6.45, 7) is 7.33. The van der Waals surface area contributed by atoms with Crippen LogP contribution in [0.25, 0.3) is 11.1 Å². The molecule has 0 radical (unpaired) electrons. The lowest BCUT2D eigenvalue weighted by molar-refractivity contribution is 0.0690. The second-order valence-electron chi connectivity index (χ2n) is 7.95. The molecular formula is C25H29N3O3. The fraction of sp³-hybridized carbons (Fsp3) is 0.360. The Labute approximate surface area is 183 Å². The number of unbranched alkanes of at least 4 members (excludes halogenated alkanes) is 1. The molecule has 0 fully saturated rings. The summed E-state index contributed by atoms with van der Waals surface area (Å²) in [5.41, 5.74) is 5.37. The van der Waals surface area contributed by atoms with Gasteiger partial charge in [-0.15, -0.1) is 0 Å². The van der Waals surface area contributed by atoms with Gasteiger partial charge in [-0.05, 0) is 44.0 Å². The van der Waals surface area contributed by atoms with Crippen LogP contribution in [-0.4, -0.2) is 36.2 Å².